The lowest BCUT2D eigenvalue weighted by molar-refractivity contribution is -0.388. The highest BCUT2D eigenvalue weighted by molar-refractivity contribution is 6.43. The molecule has 10 heteroatoms. The van der Waals surface area contributed by atoms with Gasteiger partial charge in [0.2, 0.25) is 0 Å². The average Bonchev–Trinajstić information content (AvgIpc) is 2.52. The number of nitrogens with zero attached hydrogens (tertiary/aromatic N) is 2. The van der Waals surface area contributed by atoms with E-state index in [-0.39, 0.29) is 31.2 Å². The van der Waals surface area contributed by atoms with Crippen molar-refractivity contribution in [2.24, 2.45) is 0 Å². The van der Waals surface area contributed by atoms with Crippen LogP contribution in [0.3, 0.4) is 0 Å². The minimum Gasteiger partial charge on any atom is -0.358 e. The van der Waals surface area contributed by atoms with E-state index in [0.29, 0.717) is 21.2 Å². The van der Waals surface area contributed by atoms with Crippen molar-refractivity contribution in [2.45, 2.75) is 0 Å². The standard InChI is InChI=1S/C17H6Cl6N2O2/c18-8-2-11(20)15(12(21)3-8)7-1-10(17(24-6-7)25(26)27)16-13(22)4-9(19)5-14(16)23/h1-6H. The SMILES string of the molecule is O=[N+]([O-])c1ncc(-c2c(Cl)cc(Cl)cc2Cl)cc1-c1c(Cl)cc(Cl)cc1Cl. The summed E-state index contributed by atoms with van der Waals surface area (Å²) >= 11 is 36.9. The first-order valence-corrected chi connectivity index (χ1v) is 9.40. The van der Waals surface area contributed by atoms with Crippen molar-refractivity contribution in [1.29, 1.82) is 0 Å². The first-order valence-electron chi connectivity index (χ1n) is 7.13. The molecule has 27 heavy (non-hydrogen) atoms. The number of pyridine rings is 1. The zero-order chi connectivity index (χ0) is 19.9. The number of hydrogen-bond donors (Lipinski definition) is 0. The lowest BCUT2D eigenvalue weighted by atomic mass is 10.0. The Kier molecular flexibility index (Phi) is 6.06. The fraction of sp³-hybridized carbons (Fsp3) is 0. The van der Waals surface area contributed by atoms with Gasteiger partial charge in [0.1, 0.15) is 6.20 Å². The monoisotopic (exact) mass is 480 g/mol. The topological polar surface area (TPSA) is 56.0 Å². The highest BCUT2D eigenvalue weighted by Gasteiger charge is 2.24. The van der Waals surface area contributed by atoms with Crippen LogP contribution < -0.4 is 0 Å². The van der Waals surface area contributed by atoms with Crippen molar-refractivity contribution in [3.8, 4) is 22.3 Å². The maximum Gasteiger partial charge on any atom is 0.371 e. The van der Waals surface area contributed by atoms with Crippen molar-refractivity contribution in [2.75, 3.05) is 0 Å². The Balaban J connectivity index is 2.33. The van der Waals surface area contributed by atoms with Crippen molar-refractivity contribution in [3.63, 3.8) is 0 Å². The fourth-order valence-corrected chi connectivity index (χ4v) is 4.60. The molecular weight excluding hydrogens is 477 g/mol. The molecule has 0 atom stereocenters. The minimum atomic E-state index is -0.633. The highest BCUT2D eigenvalue weighted by atomic mass is 35.5. The Morgan fingerprint density at radius 2 is 1.19 bits per heavy atom. The third-order valence-electron chi connectivity index (χ3n) is 3.61. The van der Waals surface area contributed by atoms with E-state index < -0.39 is 10.7 Å². The summed E-state index contributed by atoms with van der Waals surface area (Å²) in [6.45, 7) is 0. The van der Waals surface area contributed by atoms with Crippen LogP contribution in [0.1, 0.15) is 0 Å². The van der Waals surface area contributed by atoms with Gasteiger partial charge in [-0.3, -0.25) is 0 Å². The van der Waals surface area contributed by atoms with E-state index in [1.54, 1.807) is 0 Å². The lowest BCUT2D eigenvalue weighted by Gasteiger charge is -2.11. The maximum atomic E-state index is 11.5. The molecule has 1 aromatic heterocycles. The van der Waals surface area contributed by atoms with Crippen LogP contribution in [0.2, 0.25) is 30.1 Å². The second-order valence-corrected chi connectivity index (χ2v) is 7.84. The quantitative estimate of drug-likeness (QED) is 0.279. The van der Waals surface area contributed by atoms with Gasteiger partial charge in [-0.25, -0.2) is 0 Å². The first-order chi connectivity index (χ1) is 12.7. The van der Waals surface area contributed by atoms with Gasteiger partial charge < -0.3 is 10.1 Å². The predicted octanol–water partition coefficient (Wildman–Crippen LogP) is 8.24. The number of nitro groups is 1. The number of halogens is 6. The molecule has 0 radical (unpaired) electrons. The van der Waals surface area contributed by atoms with Gasteiger partial charge in [-0.1, -0.05) is 69.6 Å². The van der Waals surface area contributed by atoms with Gasteiger partial charge in [0.05, 0.1) is 25.7 Å². The van der Waals surface area contributed by atoms with Crippen LogP contribution in [0.4, 0.5) is 5.82 Å². The molecule has 0 fully saturated rings. The molecule has 3 aromatic rings. The highest BCUT2D eigenvalue weighted by Crippen LogP contribution is 2.44. The van der Waals surface area contributed by atoms with E-state index in [1.165, 1.54) is 36.5 Å². The number of aromatic nitrogens is 1. The number of benzene rings is 2. The molecule has 0 bridgehead atoms. The summed E-state index contributed by atoms with van der Waals surface area (Å²) in [6, 6.07) is 7.38. The van der Waals surface area contributed by atoms with Crippen LogP contribution in [-0.4, -0.2) is 9.91 Å². The molecule has 0 unspecified atom stereocenters. The minimum absolute atomic E-state index is 0.103. The van der Waals surface area contributed by atoms with E-state index in [0.717, 1.165) is 0 Å². The van der Waals surface area contributed by atoms with Crippen LogP contribution in [0, 0.1) is 10.1 Å². The average molecular weight is 483 g/mol. The summed E-state index contributed by atoms with van der Waals surface area (Å²) in [4.78, 5) is 14.8. The lowest BCUT2D eigenvalue weighted by Crippen LogP contribution is -1.98. The first kappa shape index (κ1) is 20.5. The predicted molar refractivity (Wildman–Crippen MR) is 112 cm³/mol. The Labute approximate surface area is 183 Å². The summed E-state index contributed by atoms with van der Waals surface area (Å²) in [5.41, 5.74) is 1.19. The molecule has 3 rings (SSSR count). The van der Waals surface area contributed by atoms with Crippen LogP contribution in [0.5, 0.6) is 0 Å². The van der Waals surface area contributed by atoms with Crippen molar-refractivity contribution in [1.82, 2.24) is 4.98 Å². The van der Waals surface area contributed by atoms with Gasteiger partial charge in [-0.05, 0) is 40.2 Å². The zero-order valence-corrected chi connectivity index (χ0v) is 17.5. The van der Waals surface area contributed by atoms with E-state index in [9.17, 15) is 10.1 Å². The molecule has 0 spiro atoms. The second kappa shape index (κ2) is 8.00. The van der Waals surface area contributed by atoms with Crippen molar-refractivity contribution >= 4 is 75.4 Å². The molecule has 0 aliphatic heterocycles. The largest absolute Gasteiger partial charge is 0.371 e. The second-order valence-electron chi connectivity index (χ2n) is 5.34. The summed E-state index contributed by atoms with van der Waals surface area (Å²) in [7, 11) is 0. The summed E-state index contributed by atoms with van der Waals surface area (Å²) in [5, 5.41) is 12.9. The molecule has 138 valence electrons. The molecule has 0 aliphatic carbocycles. The molecule has 1 heterocycles. The molecule has 0 aliphatic rings. The Morgan fingerprint density at radius 3 is 1.63 bits per heavy atom. The Morgan fingerprint density at radius 1 is 0.741 bits per heavy atom. The van der Waals surface area contributed by atoms with E-state index in [4.69, 9.17) is 69.6 Å². The normalized spacial score (nSPS) is 10.9. The molecule has 4 nitrogen and oxygen atoms in total. The summed E-state index contributed by atoms with van der Waals surface area (Å²) in [5.74, 6) is -0.425. The molecule has 2 aromatic carbocycles. The van der Waals surface area contributed by atoms with Gasteiger partial charge in [0.15, 0.2) is 0 Å². The Bertz CT molecular complexity index is 1040. The van der Waals surface area contributed by atoms with E-state index in [1.807, 2.05) is 0 Å². The van der Waals surface area contributed by atoms with Gasteiger partial charge >= 0.3 is 5.82 Å². The smallest absolute Gasteiger partial charge is 0.358 e. The van der Waals surface area contributed by atoms with E-state index in [2.05, 4.69) is 4.98 Å². The van der Waals surface area contributed by atoms with Crippen molar-refractivity contribution < 1.29 is 4.92 Å². The number of hydrogen-bond acceptors (Lipinski definition) is 3. The zero-order valence-electron chi connectivity index (χ0n) is 12.9. The molecule has 0 saturated carbocycles. The summed E-state index contributed by atoms with van der Waals surface area (Å²) < 4.78 is 0. The molecule has 0 saturated heterocycles. The van der Waals surface area contributed by atoms with Gasteiger partial charge in [0, 0.05) is 26.7 Å². The Hall–Kier alpha value is -1.27. The van der Waals surface area contributed by atoms with Crippen LogP contribution >= 0.6 is 69.6 Å². The van der Waals surface area contributed by atoms with Gasteiger partial charge in [-0.15, -0.1) is 0 Å². The van der Waals surface area contributed by atoms with Gasteiger partial charge in [-0.2, -0.15) is 0 Å². The maximum absolute atomic E-state index is 11.5. The third-order valence-corrected chi connectivity index (χ3v) is 5.24. The molecule has 0 N–H and O–H groups in total. The van der Waals surface area contributed by atoms with Crippen LogP contribution in [0.25, 0.3) is 22.3 Å². The summed E-state index contributed by atoms with van der Waals surface area (Å²) in [6.07, 6.45) is 1.29. The van der Waals surface area contributed by atoms with Crippen LogP contribution in [0.15, 0.2) is 36.5 Å². The van der Waals surface area contributed by atoms with Crippen LogP contribution in [-0.2, 0) is 0 Å². The molecule has 0 amide bonds. The number of rotatable bonds is 3. The van der Waals surface area contributed by atoms with Crippen molar-refractivity contribution in [3.05, 3.63) is 76.8 Å². The van der Waals surface area contributed by atoms with E-state index >= 15 is 0 Å². The van der Waals surface area contributed by atoms with Gasteiger partial charge in [0.25, 0.3) is 0 Å². The fourth-order valence-electron chi connectivity index (χ4n) is 2.54. The molecular formula is C17H6Cl6N2O2. The third kappa shape index (κ3) is 4.11.